The first-order valence-corrected chi connectivity index (χ1v) is 4.42. The van der Waals surface area contributed by atoms with Crippen molar-refractivity contribution in [3.05, 3.63) is 12.7 Å². The molecule has 0 aromatic rings. The third kappa shape index (κ3) is 2.08. The second kappa shape index (κ2) is 4.26. The van der Waals surface area contributed by atoms with Crippen LogP contribution in [0.15, 0.2) is 12.7 Å². The van der Waals surface area contributed by atoms with Gasteiger partial charge in [-0.15, -0.1) is 4.65 Å². The molecule has 0 aliphatic carbocycles. The Morgan fingerprint density at radius 3 is 2.50 bits per heavy atom. The van der Waals surface area contributed by atoms with Crippen molar-refractivity contribution in [2.75, 3.05) is 19.6 Å². The molecule has 0 unspecified atom stereocenters. The maximum Gasteiger partial charge on any atom is 0.355 e. The summed E-state index contributed by atoms with van der Waals surface area (Å²) in [7, 11) is 0. The van der Waals surface area contributed by atoms with Gasteiger partial charge in [-0.3, -0.25) is 4.84 Å². The molecule has 0 radical (unpaired) electrons. The number of nitrogens with zero attached hydrogens (tertiary/aromatic N) is 1. The lowest BCUT2D eigenvalue weighted by Gasteiger charge is -2.35. The van der Waals surface area contributed by atoms with Crippen molar-refractivity contribution in [2.45, 2.75) is 19.3 Å². The van der Waals surface area contributed by atoms with E-state index in [0.717, 1.165) is 32.5 Å². The van der Waals surface area contributed by atoms with Gasteiger partial charge in [0.1, 0.15) is 19.6 Å². The van der Waals surface area contributed by atoms with Crippen LogP contribution in [0.4, 0.5) is 0 Å². The Morgan fingerprint density at radius 2 is 2.00 bits per heavy atom. The average Bonchev–Trinajstić information content (AvgIpc) is 2.07. The molecule has 0 spiro atoms. The number of quaternary nitrogens is 1. The Bertz CT molecular complexity index is 150. The fraction of sp³-hybridized carbons (Fsp3) is 0.667. The van der Waals surface area contributed by atoms with Crippen molar-refractivity contribution in [2.24, 2.45) is 0 Å². The molecule has 1 fully saturated rings. The van der Waals surface area contributed by atoms with Crippen LogP contribution in [0.25, 0.3) is 0 Å². The van der Waals surface area contributed by atoms with E-state index < -0.39 is 0 Å². The van der Waals surface area contributed by atoms with E-state index >= 15 is 0 Å². The Labute approximate surface area is 73.2 Å². The van der Waals surface area contributed by atoms with Gasteiger partial charge in [0.2, 0.25) is 0 Å². The van der Waals surface area contributed by atoms with Crippen LogP contribution in [-0.4, -0.2) is 30.8 Å². The normalized spacial score (nSPS) is 21.3. The first kappa shape index (κ1) is 9.26. The molecule has 0 bridgehead atoms. The van der Waals surface area contributed by atoms with E-state index in [-0.39, 0.29) is 0 Å². The lowest BCUT2D eigenvalue weighted by Crippen LogP contribution is -2.51. The molecule has 68 valence electrons. The van der Waals surface area contributed by atoms with Crippen LogP contribution in [0.1, 0.15) is 19.3 Å². The summed E-state index contributed by atoms with van der Waals surface area (Å²) in [4.78, 5) is 15.4. The standard InChI is InChI=1S/C9H16NO2/c1-2-6-10(12-9-11)7-4-3-5-8-10/h2,9H,1,3-8H2/q+1. The number of piperidine rings is 1. The number of carbonyl (C=O) groups excluding carboxylic acids is 1. The Kier molecular flexibility index (Phi) is 3.29. The number of hydrogen-bond acceptors (Lipinski definition) is 2. The Morgan fingerprint density at radius 1 is 1.33 bits per heavy atom. The Balaban J connectivity index is 2.55. The van der Waals surface area contributed by atoms with Gasteiger partial charge in [0.25, 0.3) is 0 Å². The molecule has 0 atom stereocenters. The van der Waals surface area contributed by atoms with Gasteiger partial charge in [0, 0.05) is 12.8 Å². The molecule has 12 heavy (non-hydrogen) atoms. The molecule has 0 saturated carbocycles. The lowest BCUT2D eigenvalue weighted by molar-refractivity contribution is -1.09. The summed E-state index contributed by atoms with van der Waals surface area (Å²) in [6.07, 6.45) is 5.34. The van der Waals surface area contributed by atoms with E-state index in [9.17, 15) is 4.79 Å². The van der Waals surface area contributed by atoms with E-state index in [1.54, 1.807) is 0 Å². The molecule has 1 rings (SSSR count). The largest absolute Gasteiger partial charge is 0.355 e. The van der Waals surface area contributed by atoms with Gasteiger partial charge >= 0.3 is 6.47 Å². The van der Waals surface area contributed by atoms with Crippen LogP contribution < -0.4 is 0 Å². The molecule has 1 aliphatic rings. The highest BCUT2D eigenvalue weighted by Crippen LogP contribution is 2.18. The zero-order valence-corrected chi connectivity index (χ0v) is 7.37. The molecule has 0 aromatic carbocycles. The minimum absolute atomic E-state index is 0.451. The third-order valence-corrected chi connectivity index (χ3v) is 2.36. The van der Waals surface area contributed by atoms with Crippen molar-refractivity contribution in [3.8, 4) is 0 Å². The van der Waals surface area contributed by atoms with Crippen LogP contribution in [0.3, 0.4) is 0 Å². The molecule has 0 aromatic heterocycles. The summed E-state index contributed by atoms with van der Waals surface area (Å²) in [6, 6.07) is 0. The molecular formula is C9H16NO2+. The van der Waals surface area contributed by atoms with E-state index in [1.807, 2.05) is 6.08 Å². The summed E-state index contributed by atoms with van der Waals surface area (Å²) >= 11 is 0. The summed E-state index contributed by atoms with van der Waals surface area (Å²) in [5.74, 6) is 0. The highest BCUT2D eigenvalue weighted by Gasteiger charge is 2.31. The smallest absolute Gasteiger partial charge is 0.280 e. The summed E-state index contributed by atoms with van der Waals surface area (Å²) in [5.41, 5.74) is 0. The third-order valence-electron chi connectivity index (χ3n) is 2.36. The molecule has 0 amide bonds. The quantitative estimate of drug-likeness (QED) is 0.361. The van der Waals surface area contributed by atoms with E-state index in [0.29, 0.717) is 11.1 Å². The van der Waals surface area contributed by atoms with Crippen molar-refractivity contribution < 1.29 is 14.3 Å². The second-order valence-electron chi connectivity index (χ2n) is 3.24. The molecule has 3 heteroatoms. The predicted molar refractivity (Wildman–Crippen MR) is 46.1 cm³/mol. The van der Waals surface area contributed by atoms with Gasteiger partial charge in [-0.05, 0) is 12.5 Å². The van der Waals surface area contributed by atoms with Gasteiger partial charge in [-0.1, -0.05) is 6.58 Å². The second-order valence-corrected chi connectivity index (χ2v) is 3.24. The van der Waals surface area contributed by atoms with Crippen molar-refractivity contribution in [1.82, 2.24) is 0 Å². The summed E-state index contributed by atoms with van der Waals surface area (Å²) in [6.45, 7) is 6.83. The first-order chi connectivity index (χ1) is 5.83. The minimum Gasteiger partial charge on any atom is -0.280 e. The summed E-state index contributed by atoms with van der Waals surface area (Å²) < 4.78 is 0.451. The highest BCUT2D eigenvalue weighted by atomic mass is 16.7. The van der Waals surface area contributed by atoms with Gasteiger partial charge in [-0.25, -0.2) is 4.79 Å². The van der Waals surface area contributed by atoms with Crippen LogP contribution in [0, 0.1) is 0 Å². The molecule has 1 heterocycles. The average molecular weight is 170 g/mol. The number of likely N-dealkylation sites (tertiary alicyclic amines) is 1. The van der Waals surface area contributed by atoms with E-state index in [1.165, 1.54) is 6.42 Å². The Hall–Kier alpha value is -0.830. The minimum atomic E-state index is 0.451. The zero-order valence-electron chi connectivity index (χ0n) is 7.37. The van der Waals surface area contributed by atoms with Gasteiger partial charge < -0.3 is 0 Å². The maximum atomic E-state index is 10.3. The van der Waals surface area contributed by atoms with Crippen LogP contribution >= 0.6 is 0 Å². The number of hydroxylamine groups is 3. The molecular weight excluding hydrogens is 154 g/mol. The zero-order chi connectivity index (χ0) is 8.86. The van der Waals surface area contributed by atoms with Gasteiger partial charge in [0.15, 0.2) is 0 Å². The molecule has 0 N–H and O–H groups in total. The fourth-order valence-electron chi connectivity index (χ4n) is 1.75. The predicted octanol–water partition coefficient (Wildman–Crippen LogP) is 1.26. The topological polar surface area (TPSA) is 26.3 Å². The van der Waals surface area contributed by atoms with Gasteiger partial charge in [-0.2, -0.15) is 0 Å². The highest BCUT2D eigenvalue weighted by molar-refractivity contribution is 5.35. The van der Waals surface area contributed by atoms with Crippen molar-refractivity contribution in [3.63, 3.8) is 0 Å². The number of carbonyl (C=O) groups is 1. The lowest BCUT2D eigenvalue weighted by atomic mass is 10.1. The molecule has 3 nitrogen and oxygen atoms in total. The number of hydrogen-bond donors (Lipinski definition) is 0. The maximum absolute atomic E-state index is 10.3. The molecule has 1 saturated heterocycles. The SMILES string of the molecule is C=CC[N+]1(OC=O)CCCCC1. The van der Waals surface area contributed by atoms with E-state index in [2.05, 4.69) is 6.58 Å². The van der Waals surface area contributed by atoms with Crippen LogP contribution in [0.5, 0.6) is 0 Å². The van der Waals surface area contributed by atoms with Crippen LogP contribution in [0.2, 0.25) is 0 Å². The fourth-order valence-corrected chi connectivity index (χ4v) is 1.75. The van der Waals surface area contributed by atoms with Crippen molar-refractivity contribution >= 4 is 6.47 Å². The van der Waals surface area contributed by atoms with E-state index in [4.69, 9.17) is 4.84 Å². The monoisotopic (exact) mass is 170 g/mol. The number of rotatable bonds is 4. The van der Waals surface area contributed by atoms with Crippen molar-refractivity contribution in [1.29, 1.82) is 0 Å². The first-order valence-electron chi connectivity index (χ1n) is 4.42. The van der Waals surface area contributed by atoms with Gasteiger partial charge in [0.05, 0.1) is 0 Å². The summed E-state index contributed by atoms with van der Waals surface area (Å²) in [5, 5.41) is 0. The van der Waals surface area contributed by atoms with Crippen LogP contribution in [-0.2, 0) is 9.63 Å². The molecule has 1 aliphatic heterocycles.